The second kappa shape index (κ2) is 13.7. The Morgan fingerprint density at radius 1 is 0.800 bits per heavy atom. The van der Waals surface area contributed by atoms with E-state index in [1.807, 2.05) is 12.1 Å². The van der Waals surface area contributed by atoms with E-state index in [2.05, 4.69) is 63.2 Å². The van der Waals surface area contributed by atoms with Crippen molar-refractivity contribution in [2.45, 2.75) is 72.1 Å². The van der Waals surface area contributed by atoms with Crippen molar-refractivity contribution in [2.75, 3.05) is 6.61 Å². The highest BCUT2D eigenvalue weighted by atomic mass is 16.5. The summed E-state index contributed by atoms with van der Waals surface area (Å²) in [5.41, 5.74) is 6.05. The first-order valence-electron chi connectivity index (χ1n) is 13.2. The molecule has 0 heterocycles. The molecule has 0 radical (unpaired) electrons. The highest BCUT2D eigenvalue weighted by Gasteiger charge is 2.12. The van der Waals surface area contributed by atoms with Gasteiger partial charge in [-0.3, -0.25) is 0 Å². The Morgan fingerprint density at radius 3 is 2.09 bits per heavy atom. The smallest absolute Gasteiger partial charge is 0.335 e. The largest absolute Gasteiger partial charge is 0.494 e. The Morgan fingerprint density at radius 2 is 1.43 bits per heavy atom. The van der Waals surface area contributed by atoms with Crippen LogP contribution in [0.1, 0.15) is 81.6 Å². The molecule has 0 aliphatic carbocycles. The molecule has 3 aromatic carbocycles. The highest BCUT2D eigenvalue weighted by molar-refractivity contribution is 5.90. The lowest BCUT2D eigenvalue weighted by atomic mass is 9.90. The fourth-order valence-electron chi connectivity index (χ4n) is 4.35. The summed E-state index contributed by atoms with van der Waals surface area (Å²) in [6, 6.07) is 22.2. The lowest BCUT2D eigenvalue weighted by Crippen LogP contribution is -1.99. The molecule has 0 spiro atoms. The lowest BCUT2D eigenvalue weighted by molar-refractivity contribution is 0.0697. The summed E-state index contributed by atoms with van der Waals surface area (Å²) in [4.78, 5) is 11.3. The maximum atomic E-state index is 11.3. The quantitative estimate of drug-likeness (QED) is 0.238. The fourth-order valence-corrected chi connectivity index (χ4v) is 4.35. The Hall–Kier alpha value is -3.07. The van der Waals surface area contributed by atoms with Gasteiger partial charge in [-0.1, -0.05) is 102 Å². The maximum Gasteiger partial charge on any atom is 0.335 e. The van der Waals surface area contributed by atoms with Crippen LogP contribution in [0.25, 0.3) is 22.3 Å². The molecular weight excluding hydrogens is 432 g/mol. The van der Waals surface area contributed by atoms with Gasteiger partial charge in [0.2, 0.25) is 0 Å². The zero-order valence-electron chi connectivity index (χ0n) is 21.6. The monoisotopic (exact) mass is 472 g/mol. The third-order valence-electron chi connectivity index (χ3n) is 6.74. The van der Waals surface area contributed by atoms with Crippen molar-refractivity contribution in [3.63, 3.8) is 0 Å². The van der Waals surface area contributed by atoms with Crippen LogP contribution in [0.4, 0.5) is 0 Å². The van der Waals surface area contributed by atoms with Gasteiger partial charge in [0.1, 0.15) is 5.75 Å². The van der Waals surface area contributed by atoms with Crippen LogP contribution >= 0.6 is 0 Å². The van der Waals surface area contributed by atoms with Crippen molar-refractivity contribution in [3.05, 3.63) is 77.9 Å². The highest BCUT2D eigenvalue weighted by Crippen LogP contribution is 2.35. The van der Waals surface area contributed by atoms with Gasteiger partial charge in [0.05, 0.1) is 12.2 Å². The van der Waals surface area contributed by atoms with E-state index in [0.717, 1.165) is 53.9 Å². The molecule has 3 heteroatoms. The van der Waals surface area contributed by atoms with Crippen LogP contribution < -0.4 is 4.74 Å². The van der Waals surface area contributed by atoms with Crippen LogP contribution in [0.15, 0.2) is 66.7 Å². The molecule has 35 heavy (non-hydrogen) atoms. The molecule has 0 amide bonds. The van der Waals surface area contributed by atoms with E-state index in [0.29, 0.717) is 11.5 Å². The van der Waals surface area contributed by atoms with Gasteiger partial charge >= 0.3 is 5.97 Å². The molecule has 1 unspecified atom stereocenters. The first-order chi connectivity index (χ1) is 17.0. The van der Waals surface area contributed by atoms with E-state index in [-0.39, 0.29) is 0 Å². The molecule has 0 bridgehead atoms. The first kappa shape index (κ1) is 26.5. The summed E-state index contributed by atoms with van der Waals surface area (Å²) in [5, 5.41) is 9.26. The van der Waals surface area contributed by atoms with E-state index in [4.69, 9.17) is 4.74 Å². The standard InChI is InChI=1S/C32H40O3/c1-4-6-7-8-9-10-21-35-29-18-16-27(17-19-29)31-23-25(22-24(3)5-2)11-20-30(31)26-12-14-28(15-13-26)32(33)34/h11-20,23-24H,4-10,21-22H2,1-3H3,(H,33,34). The van der Waals surface area contributed by atoms with Crippen molar-refractivity contribution in [3.8, 4) is 28.0 Å². The average Bonchev–Trinajstić information content (AvgIpc) is 2.88. The molecule has 0 aliphatic heterocycles. The second-order valence-corrected chi connectivity index (χ2v) is 9.62. The normalized spacial score (nSPS) is 11.9. The number of carboxylic acids is 1. The van der Waals surface area contributed by atoms with Crippen molar-refractivity contribution in [2.24, 2.45) is 5.92 Å². The molecule has 0 fully saturated rings. The summed E-state index contributed by atoms with van der Waals surface area (Å²) >= 11 is 0. The fraction of sp³-hybridized carbons (Fsp3) is 0.406. The second-order valence-electron chi connectivity index (χ2n) is 9.62. The predicted molar refractivity (Wildman–Crippen MR) is 146 cm³/mol. The zero-order chi connectivity index (χ0) is 25.0. The van der Waals surface area contributed by atoms with Gasteiger partial charge in [-0.2, -0.15) is 0 Å². The topological polar surface area (TPSA) is 46.5 Å². The van der Waals surface area contributed by atoms with Gasteiger partial charge in [-0.15, -0.1) is 0 Å². The van der Waals surface area contributed by atoms with Crippen LogP contribution in [0, 0.1) is 5.92 Å². The number of unbranched alkanes of at least 4 members (excludes halogenated alkanes) is 5. The van der Waals surface area contributed by atoms with Crippen LogP contribution in [0.5, 0.6) is 5.75 Å². The Labute approximate surface area is 211 Å². The SMILES string of the molecule is CCCCCCCCOc1ccc(-c2cc(CC(C)CC)ccc2-c2ccc(C(=O)O)cc2)cc1. The number of ether oxygens (including phenoxy) is 1. The Balaban J connectivity index is 1.78. The molecule has 3 rings (SSSR count). The van der Waals surface area contributed by atoms with Crippen molar-refractivity contribution in [1.29, 1.82) is 0 Å². The molecule has 0 aromatic heterocycles. The number of rotatable bonds is 14. The van der Waals surface area contributed by atoms with Crippen molar-refractivity contribution in [1.82, 2.24) is 0 Å². The third kappa shape index (κ3) is 7.99. The van der Waals surface area contributed by atoms with Crippen molar-refractivity contribution < 1.29 is 14.6 Å². The molecular formula is C32H40O3. The molecule has 0 saturated carbocycles. The summed E-state index contributed by atoms with van der Waals surface area (Å²) in [5.74, 6) is 0.629. The van der Waals surface area contributed by atoms with Gasteiger partial charge < -0.3 is 9.84 Å². The number of carboxylic acid groups (broad SMARTS) is 1. The van der Waals surface area contributed by atoms with E-state index in [9.17, 15) is 9.90 Å². The molecule has 186 valence electrons. The van der Waals surface area contributed by atoms with Crippen LogP contribution in [0.2, 0.25) is 0 Å². The van der Waals surface area contributed by atoms with Gasteiger partial charge in [0.15, 0.2) is 0 Å². The molecule has 3 nitrogen and oxygen atoms in total. The van der Waals surface area contributed by atoms with E-state index in [1.54, 1.807) is 12.1 Å². The van der Waals surface area contributed by atoms with Gasteiger partial charge in [0, 0.05) is 0 Å². The summed E-state index contributed by atoms with van der Waals surface area (Å²) in [6.45, 7) is 7.52. The van der Waals surface area contributed by atoms with Crippen LogP contribution in [-0.2, 0) is 6.42 Å². The van der Waals surface area contributed by atoms with E-state index in [1.165, 1.54) is 37.7 Å². The minimum absolute atomic E-state index is 0.301. The third-order valence-corrected chi connectivity index (χ3v) is 6.74. The molecule has 0 saturated heterocycles. The minimum Gasteiger partial charge on any atom is -0.494 e. The Kier molecular flexibility index (Phi) is 10.4. The van der Waals surface area contributed by atoms with E-state index >= 15 is 0 Å². The van der Waals surface area contributed by atoms with Crippen LogP contribution in [-0.4, -0.2) is 17.7 Å². The number of hydrogen-bond acceptors (Lipinski definition) is 2. The van der Waals surface area contributed by atoms with Crippen molar-refractivity contribution >= 4 is 5.97 Å². The minimum atomic E-state index is -0.905. The summed E-state index contributed by atoms with van der Waals surface area (Å²) in [7, 11) is 0. The molecule has 3 aromatic rings. The molecule has 0 aliphatic rings. The van der Waals surface area contributed by atoms with Crippen LogP contribution in [0.3, 0.4) is 0 Å². The lowest BCUT2D eigenvalue weighted by Gasteiger charge is -2.15. The predicted octanol–water partition coefficient (Wildman–Crippen LogP) is 9.05. The average molecular weight is 473 g/mol. The van der Waals surface area contributed by atoms with Gasteiger partial charge in [-0.25, -0.2) is 4.79 Å². The number of carbonyl (C=O) groups is 1. The van der Waals surface area contributed by atoms with E-state index < -0.39 is 5.97 Å². The number of aromatic carboxylic acids is 1. The molecule has 1 N–H and O–H groups in total. The maximum absolute atomic E-state index is 11.3. The number of benzene rings is 3. The number of hydrogen-bond donors (Lipinski definition) is 1. The zero-order valence-corrected chi connectivity index (χ0v) is 21.6. The first-order valence-corrected chi connectivity index (χ1v) is 13.2. The molecule has 1 atom stereocenters. The summed E-state index contributed by atoms with van der Waals surface area (Å²) in [6.07, 6.45) is 9.73. The van der Waals surface area contributed by atoms with Gasteiger partial charge in [0.25, 0.3) is 0 Å². The Bertz CT molecular complexity index is 1050. The summed E-state index contributed by atoms with van der Waals surface area (Å²) < 4.78 is 5.99. The van der Waals surface area contributed by atoms with Gasteiger partial charge in [-0.05, 0) is 70.8 Å².